The highest BCUT2D eigenvalue weighted by Crippen LogP contribution is 2.26. The first kappa shape index (κ1) is 21.0. The van der Waals surface area contributed by atoms with Gasteiger partial charge in [0.25, 0.3) is 11.6 Å². The molecule has 1 aliphatic heterocycles. The maximum atomic E-state index is 13.1. The second-order valence-electron chi connectivity index (χ2n) is 8.25. The number of nitrogens with zero attached hydrogens (tertiary/aromatic N) is 2. The van der Waals surface area contributed by atoms with Crippen molar-refractivity contribution in [1.82, 2.24) is 10.4 Å². The molecule has 2 aromatic carbocycles. The molecule has 3 rings (SSSR count). The highest BCUT2D eigenvalue weighted by molar-refractivity contribution is 5.94. The monoisotopic (exact) mass is 397 g/mol. The van der Waals surface area contributed by atoms with Gasteiger partial charge in [-0.1, -0.05) is 30.3 Å². The van der Waals surface area contributed by atoms with Gasteiger partial charge in [-0.25, -0.2) is 10.4 Å². The molecule has 29 heavy (non-hydrogen) atoms. The van der Waals surface area contributed by atoms with Crippen LogP contribution in [0.2, 0.25) is 0 Å². The maximum Gasteiger partial charge on any atom is 0.270 e. The molecule has 1 saturated heterocycles. The van der Waals surface area contributed by atoms with Gasteiger partial charge in [-0.05, 0) is 51.3 Å². The van der Waals surface area contributed by atoms with E-state index in [1.165, 1.54) is 34.8 Å². The first-order chi connectivity index (χ1) is 13.7. The topological polar surface area (TPSA) is 84.7 Å². The van der Waals surface area contributed by atoms with Crippen molar-refractivity contribution >= 4 is 11.6 Å². The molecular weight excluding hydrogens is 370 g/mol. The van der Waals surface area contributed by atoms with Gasteiger partial charge in [0.1, 0.15) is 6.23 Å². The van der Waals surface area contributed by atoms with Crippen LogP contribution in [0.3, 0.4) is 0 Å². The molecular formula is C22H27N3O4. The second-order valence-corrected chi connectivity index (χ2v) is 8.25. The molecule has 1 N–H and O–H groups in total. The first-order valence-electron chi connectivity index (χ1n) is 9.79. The summed E-state index contributed by atoms with van der Waals surface area (Å²) in [5, 5.41) is 12.4. The van der Waals surface area contributed by atoms with E-state index in [0.29, 0.717) is 12.0 Å². The van der Waals surface area contributed by atoms with Crippen LogP contribution in [0.25, 0.3) is 0 Å². The van der Waals surface area contributed by atoms with Gasteiger partial charge in [-0.3, -0.25) is 14.9 Å². The Bertz CT molecular complexity index is 847. The predicted molar refractivity (Wildman–Crippen MR) is 110 cm³/mol. The highest BCUT2D eigenvalue weighted by atomic mass is 16.6. The van der Waals surface area contributed by atoms with Gasteiger partial charge < -0.3 is 4.74 Å². The van der Waals surface area contributed by atoms with E-state index in [9.17, 15) is 14.9 Å². The van der Waals surface area contributed by atoms with Crippen molar-refractivity contribution in [2.75, 3.05) is 0 Å². The van der Waals surface area contributed by atoms with Crippen LogP contribution in [0.4, 0.5) is 5.69 Å². The van der Waals surface area contributed by atoms with Crippen molar-refractivity contribution in [3.63, 3.8) is 0 Å². The van der Waals surface area contributed by atoms with Crippen LogP contribution >= 0.6 is 0 Å². The van der Waals surface area contributed by atoms with Gasteiger partial charge >= 0.3 is 0 Å². The minimum atomic E-state index is -0.479. The Balaban J connectivity index is 1.72. The zero-order valence-corrected chi connectivity index (χ0v) is 17.0. The van der Waals surface area contributed by atoms with Crippen molar-refractivity contribution < 1.29 is 14.5 Å². The fourth-order valence-electron chi connectivity index (χ4n) is 3.41. The second kappa shape index (κ2) is 8.71. The summed E-state index contributed by atoms with van der Waals surface area (Å²) in [7, 11) is 0. The lowest BCUT2D eigenvalue weighted by Gasteiger charge is -2.30. The Kier molecular flexibility index (Phi) is 6.30. The van der Waals surface area contributed by atoms with E-state index in [4.69, 9.17) is 4.74 Å². The molecule has 2 aromatic rings. The summed E-state index contributed by atoms with van der Waals surface area (Å²) in [5.74, 6) is -0.253. The number of carbonyl (C=O) groups is 1. The van der Waals surface area contributed by atoms with Gasteiger partial charge in [-0.15, -0.1) is 0 Å². The van der Waals surface area contributed by atoms with E-state index >= 15 is 0 Å². The van der Waals surface area contributed by atoms with Crippen molar-refractivity contribution in [2.24, 2.45) is 0 Å². The maximum absolute atomic E-state index is 13.1. The van der Waals surface area contributed by atoms with Gasteiger partial charge in [0, 0.05) is 30.2 Å². The number of nitro benzene ring substituents is 1. The van der Waals surface area contributed by atoms with Crippen LogP contribution in [0, 0.1) is 10.1 Å². The van der Waals surface area contributed by atoms with Crippen molar-refractivity contribution in [3.8, 4) is 0 Å². The highest BCUT2D eigenvalue weighted by Gasteiger charge is 2.38. The molecule has 0 aromatic heterocycles. The molecule has 1 heterocycles. The van der Waals surface area contributed by atoms with Gasteiger partial charge in [-0.2, -0.15) is 0 Å². The minimum absolute atomic E-state index is 0.0424. The summed E-state index contributed by atoms with van der Waals surface area (Å²) in [6.07, 6.45) is 2.06. The number of ether oxygens (including phenoxy) is 1. The molecule has 0 aliphatic carbocycles. The lowest BCUT2D eigenvalue weighted by Crippen LogP contribution is -2.47. The predicted octanol–water partition coefficient (Wildman–Crippen LogP) is 4.09. The summed E-state index contributed by atoms with van der Waals surface area (Å²) in [5.41, 5.74) is 4.48. The number of non-ortho nitro benzene ring substituents is 1. The molecule has 1 aliphatic rings. The summed E-state index contributed by atoms with van der Waals surface area (Å²) in [4.78, 5) is 23.4. The largest absolute Gasteiger partial charge is 0.351 e. The van der Waals surface area contributed by atoms with Crippen molar-refractivity contribution in [1.29, 1.82) is 0 Å². The van der Waals surface area contributed by atoms with Gasteiger partial charge in [0.2, 0.25) is 0 Å². The number of hydrogen-bond acceptors (Lipinski definition) is 5. The zero-order valence-electron chi connectivity index (χ0n) is 17.0. The smallest absolute Gasteiger partial charge is 0.270 e. The molecule has 2 atom stereocenters. The SMILES string of the molecule is CC(C)(C)OC1CC(CCc2ccccc2)NN1C(=O)c1ccc([N+](=O)[O-])cc1. The number of hydrazine groups is 1. The lowest BCUT2D eigenvalue weighted by molar-refractivity contribution is -0.384. The number of benzene rings is 2. The van der Waals surface area contributed by atoms with Crippen LogP contribution in [-0.2, 0) is 11.2 Å². The number of amides is 1. The third-order valence-electron chi connectivity index (χ3n) is 4.75. The van der Waals surface area contributed by atoms with E-state index in [0.717, 1.165) is 12.8 Å². The molecule has 1 amide bonds. The Morgan fingerprint density at radius 2 is 1.83 bits per heavy atom. The number of nitrogens with one attached hydrogen (secondary N) is 1. The average molecular weight is 397 g/mol. The zero-order chi connectivity index (χ0) is 21.0. The number of nitro groups is 1. The fraction of sp³-hybridized carbons (Fsp3) is 0.409. The number of hydrogen-bond donors (Lipinski definition) is 1. The molecule has 0 saturated carbocycles. The third-order valence-corrected chi connectivity index (χ3v) is 4.75. The molecule has 0 spiro atoms. The van der Waals surface area contributed by atoms with Gasteiger partial charge in [0.05, 0.1) is 10.5 Å². The number of aryl methyl sites for hydroxylation is 1. The quantitative estimate of drug-likeness (QED) is 0.586. The number of carbonyl (C=O) groups excluding carboxylic acids is 1. The summed E-state index contributed by atoms with van der Waals surface area (Å²) in [6, 6.07) is 16.0. The Morgan fingerprint density at radius 3 is 2.41 bits per heavy atom. The van der Waals surface area contributed by atoms with Crippen molar-refractivity contribution in [2.45, 2.75) is 57.9 Å². The Hall–Kier alpha value is -2.77. The molecule has 1 fully saturated rings. The Labute approximate surface area is 170 Å². The Morgan fingerprint density at radius 1 is 1.17 bits per heavy atom. The van der Waals surface area contributed by atoms with E-state index in [2.05, 4.69) is 17.6 Å². The van der Waals surface area contributed by atoms with Crippen LogP contribution in [-0.4, -0.2) is 33.7 Å². The van der Waals surface area contributed by atoms with E-state index < -0.39 is 16.8 Å². The molecule has 154 valence electrons. The average Bonchev–Trinajstić information content (AvgIpc) is 3.07. The standard InChI is InChI=1S/C22H27N3O4/c1-22(2,3)29-20-15-18(12-9-16-7-5-4-6-8-16)23-24(20)21(26)17-10-13-19(14-11-17)25(27)28/h4-8,10-11,13-14,18,20,23H,9,12,15H2,1-3H3. The van der Waals surface area contributed by atoms with Crippen LogP contribution in [0.15, 0.2) is 54.6 Å². The lowest BCUT2D eigenvalue weighted by atomic mass is 10.0. The van der Waals surface area contributed by atoms with Crippen LogP contribution < -0.4 is 5.43 Å². The minimum Gasteiger partial charge on any atom is -0.351 e. The summed E-state index contributed by atoms with van der Waals surface area (Å²) < 4.78 is 6.13. The van der Waals surface area contributed by atoms with Crippen LogP contribution in [0.1, 0.15) is 49.5 Å². The normalized spacial score (nSPS) is 19.3. The van der Waals surface area contributed by atoms with E-state index in [-0.39, 0.29) is 17.6 Å². The fourth-order valence-corrected chi connectivity index (χ4v) is 3.41. The summed E-state index contributed by atoms with van der Waals surface area (Å²) >= 11 is 0. The molecule has 0 radical (unpaired) electrons. The molecule has 2 unspecified atom stereocenters. The third kappa shape index (κ3) is 5.62. The van der Waals surface area contributed by atoms with E-state index in [1.807, 2.05) is 39.0 Å². The molecule has 7 heteroatoms. The molecule has 7 nitrogen and oxygen atoms in total. The molecule has 0 bridgehead atoms. The first-order valence-corrected chi connectivity index (χ1v) is 9.79. The van der Waals surface area contributed by atoms with Gasteiger partial charge in [0.15, 0.2) is 0 Å². The van der Waals surface area contributed by atoms with Crippen LogP contribution in [0.5, 0.6) is 0 Å². The van der Waals surface area contributed by atoms with Crippen molar-refractivity contribution in [3.05, 3.63) is 75.8 Å². The van der Waals surface area contributed by atoms with E-state index in [1.54, 1.807) is 0 Å². The summed E-state index contributed by atoms with van der Waals surface area (Å²) in [6.45, 7) is 5.87. The number of rotatable bonds is 6.